The Morgan fingerprint density at radius 3 is 1.14 bits per heavy atom. The second-order valence-corrected chi connectivity index (χ2v) is 6.78. The molecule has 0 aromatic heterocycles. The Bertz CT molecular complexity index is 1030. The molecule has 0 atom stereocenters. The maximum Gasteiger partial charge on any atom is 0.263 e. The summed E-state index contributed by atoms with van der Waals surface area (Å²) in [6.45, 7) is 8.16. The van der Waals surface area contributed by atoms with Crippen LogP contribution in [0.25, 0.3) is 11.4 Å². The number of carbonyl (C=O) groups excluding carboxylic acids is 2. The minimum atomic E-state index is -0.0950. The number of nitrogens with zero attached hydrogens (tertiary/aromatic N) is 2. The zero-order chi connectivity index (χ0) is 19.4. The third-order valence-corrected chi connectivity index (χ3v) is 5.25. The Hall–Kier alpha value is -3.92. The summed E-state index contributed by atoms with van der Waals surface area (Å²) in [4.78, 5) is 28.8. The number of anilines is 2. The van der Waals surface area contributed by atoms with Crippen molar-refractivity contribution in [2.75, 3.05) is 9.80 Å². The van der Waals surface area contributed by atoms with Gasteiger partial charge in [0, 0.05) is 33.6 Å². The molecule has 0 saturated heterocycles. The van der Waals surface area contributed by atoms with Crippen LogP contribution in [0.5, 0.6) is 0 Å². The van der Waals surface area contributed by atoms with Crippen LogP contribution < -0.4 is 9.80 Å². The summed E-state index contributed by atoms with van der Waals surface area (Å²) in [6, 6.07) is 22.2. The largest absolute Gasteiger partial charge is 0.277 e. The molecule has 0 N–H and O–H groups in total. The Morgan fingerprint density at radius 1 is 0.500 bits per heavy atom. The van der Waals surface area contributed by atoms with Crippen molar-refractivity contribution in [2.45, 2.75) is 0 Å². The second-order valence-electron chi connectivity index (χ2n) is 6.78. The molecule has 0 aliphatic carbocycles. The van der Waals surface area contributed by atoms with Crippen molar-refractivity contribution in [2.24, 2.45) is 0 Å². The van der Waals surface area contributed by atoms with Crippen LogP contribution >= 0.6 is 0 Å². The smallest absolute Gasteiger partial charge is 0.263 e. The maximum atomic E-state index is 12.8. The minimum absolute atomic E-state index is 0.0950. The molecule has 4 heteroatoms. The number of benzene rings is 3. The molecular formula is C24H16N2O2. The van der Waals surface area contributed by atoms with Gasteiger partial charge >= 0.3 is 0 Å². The average molecular weight is 364 g/mol. The van der Waals surface area contributed by atoms with Crippen LogP contribution in [0.15, 0.2) is 86.0 Å². The van der Waals surface area contributed by atoms with Gasteiger partial charge in [0.05, 0.1) is 11.4 Å². The Labute approximate surface area is 162 Å². The fourth-order valence-electron chi connectivity index (χ4n) is 3.87. The highest BCUT2D eigenvalue weighted by molar-refractivity contribution is 6.23. The van der Waals surface area contributed by atoms with Crippen molar-refractivity contribution >= 4 is 34.6 Å². The summed E-state index contributed by atoms with van der Waals surface area (Å²) in [6.07, 6.45) is 0. The Kier molecular flexibility index (Phi) is 3.36. The van der Waals surface area contributed by atoms with Gasteiger partial charge in [0.1, 0.15) is 0 Å². The number of hydrogen-bond donors (Lipinski definition) is 0. The van der Waals surface area contributed by atoms with E-state index in [-0.39, 0.29) is 11.8 Å². The summed E-state index contributed by atoms with van der Waals surface area (Å²) in [5, 5.41) is 0. The van der Waals surface area contributed by atoms with Crippen LogP contribution in [-0.2, 0) is 0 Å². The van der Waals surface area contributed by atoms with E-state index in [9.17, 15) is 9.59 Å². The molecule has 0 unspecified atom stereocenters. The third-order valence-electron chi connectivity index (χ3n) is 5.25. The first-order chi connectivity index (χ1) is 13.6. The number of rotatable bonds is 2. The molecule has 0 fully saturated rings. The molecule has 28 heavy (non-hydrogen) atoms. The van der Waals surface area contributed by atoms with Crippen molar-refractivity contribution in [3.8, 4) is 0 Å². The van der Waals surface area contributed by atoms with E-state index in [1.807, 2.05) is 60.7 Å². The monoisotopic (exact) mass is 364 g/mol. The second kappa shape index (κ2) is 5.79. The molecule has 5 rings (SSSR count). The lowest BCUT2D eigenvalue weighted by atomic mass is 10.1. The topological polar surface area (TPSA) is 40.6 Å². The van der Waals surface area contributed by atoms with Gasteiger partial charge in [-0.15, -0.1) is 0 Å². The van der Waals surface area contributed by atoms with Crippen LogP contribution in [-0.4, -0.2) is 11.8 Å². The zero-order valence-electron chi connectivity index (χ0n) is 15.1. The third kappa shape index (κ3) is 2.12. The summed E-state index contributed by atoms with van der Waals surface area (Å²) in [5.41, 5.74) is 5.72. The van der Waals surface area contributed by atoms with Crippen molar-refractivity contribution < 1.29 is 9.59 Å². The van der Waals surface area contributed by atoms with Crippen molar-refractivity contribution in [3.63, 3.8) is 0 Å². The van der Waals surface area contributed by atoms with Crippen LogP contribution in [0.3, 0.4) is 0 Å². The molecular weight excluding hydrogens is 348 g/mol. The van der Waals surface area contributed by atoms with Crippen molar-refractivity contribution in [1.82, 2.24) is 0 Å². The molecule has 3 aromatic carbocycles. The van der Waals surface area contributed by atoms with Gasteiger partial charge in [0.2, 0.25) is 0 Å². The van der Waals surface area contributed by atoms with Crippen LogP contribution in [0.4, 0.5) is 11.4 Å². The quantitative estimate of drug-likeness (QED) is 0.646. The van der Waals surface area contributed by atoms with Crippen LogP contribution in [0.2, 0.25) is 0 Å². The lowest BCUT2D eigenvalue weighted by Crippen LogP contribution is -2.23. The van der Waals surface area contributed by atoms with Crippen molar-refractivity contribution in [3.05, 3.63) is 108 Å². The minimum Gasteiger partial charge on any atom is -0.277 e. The van der Waals surface area contributed by atoms with E-state index in [1.54, 1.807) is 21.9 Å². The summed E-state index contributed by atoms with van der Waals surface area (Å²) in [5.74, 6) is -0.190. The van der Waals surface area contributed by atoms with E-state index in [0.29, 0.717) is 33.9 Å². The average Bonchev–Trinajstić information content (AvgIpc) is 3.14. The van der Waals surface area contributed by atoms with Gasteiger partial charge in [-0.3, -0.25) is 19.4 Å². The highest BCUT2D eigenvalue weighted by Gasteiger charge is 2.33. The lowest BCUT2D eigenvalue weighted by Gasteiger charge is -2.21. The number of carbonyl (C=O) groups is 2. The van der Waals surface area contributed by atoms with Crippen molar-refractivity contribution in [1.29, 1.82) is 0 Å². The van der Waals surface area contributed by atoms with E-state index >= 15 is 0 Å². The van der Waals surface area contributed by atoms with E-state index in [1.165, 1.54) is 0 Å². The maximum absolute atomic E-state index is 12.8. The number of amides is 2. The van der Waals surface area contributed by atoms with Gasteiger partial charge in [-0.2, -0.15) is 0 Å². The molecule has 2 heterocycles. The van der Waals surface area contributed by atoms with Gasteiger partial charge in [0.25, 0.3) is 11.8 Å². The fourth-order valence-corrected chi connectivity index (χ4v) is 3.87. The molecule has 2 aliphatic heterocycles. The SMILES string of the molecule is C=C1c2ccccc2C(=O)N1c1ccc(N2C(=C)c3ccccc3C2=O)cc1. The van der Waals surface area contributed by atoms with Gasteiger partial charge < -0.3 is 0 Å². The molecule has 2 amide bonds. The molecule has 2 aliphatic rings. The van der Waals surface area contributed by atoms with E-state index in [0.717, 1.165) is 11.1 Å². The predicted molar refractivity (Wildman–Crippen MR) is 111 cm³/mol. The van der Waals surface area contributed by atoms with Gasteiger partial charge in [-0.05, 0) is 36.4 Å². The highest BCUT2D eigenvalue weighted by Crippen LogP contribution is 2.39. The number of fused-ring (bicyclic) bond motifs is 2. The summed E-state index contributed by atoms with van der Waals surface area (Å²) < 4.78 is 0. The molecule has 3 aromatic rings. The molecule has 4 nitrogen and oxygen atoms in total. The van der Waals surface area contributed by atoms with Gasteiger partial charge in [-0.25, -0.2) is 0 Å². The van der Waals surface area contributed by atoms with Gasteiger partial charge in [0.15, 0.2) is 0 Å². The first-order valence-electron chi connectivity index (χ1n) is 8.93. The van der Waals surface area contributed by atoms with E-state index in [2.05, 4.69) is 13.2 Å². The highest BCUT2D eigenvalue weighted by atomic mass is 16.2. The molecule has 134 valence electrons. The normalized spacial score (nSPS) is 15.3. The molecule has 0 saturated carbocycles. The summed E-state index contributed by atoms with van der Waals surface area (Å²) >= 11 is 0. The van der Waals surface area contributed by atoms with Crippen LogP contribution in [0, 0.1) is 0 Å². The number of hydrogen-bond acceptors (Lipinski definition) is 2. The van der Waals surface area contributed by atoms with Gasteiger partial charge in [-0.1, -0.05) is 49.6 Å². The summed E-state index contributed by atoms with van der Waals surface area (Å²) in [7, 11) is 0. The standard InChI is InChI=1S/C24H16N2O2/c1-15-19-7-3-5-9-21(19)23(27)25(15)17-11-13-18(14-12-17)26-16(2)20-8-4-6-10-22(20)24(26)28/h3-14H,1-2H2. The van der Waals surface area contributed by atoms with E-state index in [4.69, 9.17) is 0 Å². The van der Waals surface area contributed by atoms with E-state index < -0.39 is 0 Å². The fraction of sp³-hybridized carbons (Fsp3) is 0. The van der Waals surface area contributed by atoms with Crippen LogP contribution in [0.1, 0.15) is 31.8 Å². The first kappa shape index (κ1) is 16.3. The predicted octanol–water partition coefficient (Wildman–Crippen LogP) is 4.95. The first-order valence-corrected chi connectivity index (χ1v) is 8.93. The molecule has 0 radical (unpaired) electrons. The Morgan fingerprint density at radius 2 is 0.821 bits per heavy atom. The molecule has 0 bridgehead atoms. The molecule has 0 spiro atoms. The lowest BCUT2D eigenvalue weighted by molar-refractivity contribution is 0.0997. The Balaban J connectivity index is 1.48. The zero-order valence-corrected chi connectivity index (χ0v) is 15.1.